The van der Waals surface area contributed by atoms with Crippen LogP contribution in [0.1, 0.15) is 24.2 Å². The average molecular weight is 303 g/mol. The Morgan fingerprint density at radius 2 is 2.15 bits per heavy atom. The van der Waals surface area contributed by atoms with E-state index in [1.54, 1.807) is 11.3 Å². The predicted molar refractivity (Wildman–Crippen MR) is 86.5 cm³/mol. The van der Waals surface area contributed by atoms with Crippen molar-refractivity contribution in [2.45, 2.75) is 23.6 Å². The third kappa shape index (κ3) is 2.90. The second kappa shape index (κ2) is 5.99. The molecule has 1 unspecified atom stereocenters. The first-order chi connectivity index (χ1) is 9.76. The lowest BCUT2D eigenvalue weighted by molar-refractivity contribution is 0.652. The maximum atomic E-state index is 4.60. The fourth-order valence-electron chi connectivity index (χ4n) is 2.02. The first-order valence-electron chi connectivity index (χ1n) is 6.57. The smallest absolute Gasteiger partial charge is 0.193 e. The normalized spacial score (nSPS) is 12.9. The van der Waals surface area contributed by atoms with E-state index >= 15 is 0 Å². The van der Waals surface area contributed by atoms with Crippen LogP contribution in [0.25, 0.3) is 4.96 Å². The van der Waals surface area contributed by atoms with Crippen LogP contribution in [0.2, 0.25) is 0 Å². The Hall–Kier alpha value is -1.30. The molecule has 2 aromatic heterocycles. The zero-order chi connectivity index (χ0) is 13.9. The molecule has 1 aromatic carbocycles. The van der Waals surface area contributed by atoms with Crippen LogP contribution in [0, 0.1) is 0 Å². The summed E-state index contributed by atoms with van der Waals surface area (Å²) in [5.74, 6) is 0.912. The minimum atomic E-state index is 0.397. The molecule has 0 aliphatic rings. The Labute approximate surface area is 127 Å². The van der Waals surface area contributed by atoms with E-state index in [1.807, 2.05) is 18.8 Å². The van der Waals surface area contributed by atoms with Gasteiger partial charge in [-0.2, -0.15) is 0 Å². The number of thiazole rings is 1. The van der Waals surface area contributed by atoms with Crippen LogP contribution in [0.4, 0.5) is 0 Å². The van der Waals surface area contributed by atoms with E-state index in [9.17, 15) is 0 Å². The summed E-state index contributed by atoms with van der Waals surface area (Å²) < 4.78 is 2.08. The molecule has 0 saturated heterocycles. The van der Waals surface area contributed by atoms with Crippen molar-refractivity contribution >= 4 is 28.1 Å². The van der Waals surface area contributed by atoms with Crippen molar-refractivity contribution in [3.8, 4) is 0 Å². The summed E-state index contributed by atoms with van der Waals surface area (Å²) in [6.07, 6.45) is 4.16. The van der Waals surface area contributed by atoms with Crippen LogP contribution < -0.4 is 5.32 Å². The zero-order valence-corrected chi connectivity index (χ0v) is 13.2. The number of benzene rings is 1. The average Bonchev–Trinajstić information content (AvgIpc) is 3.06. The molecular formula is C15H17N3S2. The van der Waals surface area contributed by atoms with Gasteiger partial charge in [0.1, 0.15) is 0 Å². The van der Waals surface area contributed by atoms with Crippen LogP contribution in [-0.4, -0.2) is 16.4 Å². The van der Waals surface area contributed by atoms with Gasteiger partial charge in [-0.05, 0) is 31.7 Å². The van der Waals surface area contributed by atoms with E-state index in [-0.39, 0.29) is 0 Å². The topological polar surface area (TPSA) is 29.3 Å². The van der Waals surface area contributed by atoms with Crippen LogP contribution in [0.5, 0.6) is 0 Å². The number of aromatic nitrogens is 2. The van der Waals surface area contributed by atoms with Gasteiger partial charge in [0.25, 0.3) is 0 Å². The minimum absolute atomic E-state index is 0.397. The molecule has 5 heteroatoms. The number of fused-ring (bicyclic) bond motifs is 1. The van der Waals surface area contributed by atoms with Gasteiger partial charge in [-0.1, -0.05) is 12.1 Å². The monoisotopic (exact) mass is 303 g/mol. The van der Waals surface area contributed by atoms with Crippen LogP contribution in [0.15, 0.2) is 46.9 Å². The molecule has 0 spiro atoms. The molecule has 104 valence electrons. The molecule has 3 rings (SSSR count). The number of thioether (sulfide) groups is 1. The van der Waals surface area contributed by atoms with Crippen molar-refractivity contribution in [3.63, 3.8) is 0 Å². The summed E-state index contributed by atoms with van der Waals surface area (Å²) in [6, 6.07) is 9.15. The van der Waals surface area contributed by atoms with Gasteiger partial charge < -0.3 is 5.32 Å². The molecule has 20 heavy (non-hydrogen) atoms. The van der Waals surface area contributed by atoms with Gasteiger partial charge in [0, 0.05) is 34.5 Å². The first kappa shape index (κ1) is 13.7. The number of hydrogen-bond acceptors (Lipinski definition) is 4. The fraction of sp³-hybridized carbons (Fsp3) is 0.267. The molecule has 2 heterocycles. The van der Waals surface area contributed by atoms with Crippen molar-refractivity contribution in [3.05, 3.63) is 53.3 Å². The van der Waals surface area contributed by atoms with Gasteiger partial charge in [-0.25, -0.2) is 4.98 Å². The summed E-state index contributed by atoms with van der Waals surface area (Å²) in [5.41, 5.74) is 2.45. The summed E-state index contributed by atoms with van der Waals surface area (Å²) in [4.78, 5) is 6.95. The Bertz CT molecular complexity index is 656. The van der Waals surface area contributed by atoms with Crippen molar-refractivity contribution in [1.82, 2.24) is 14.7 Å². The molecule has 1 atom stereocenters. The molecular weight excluding hydrogens is 286 g/mol. The largest absolute Gasteiger partial charge is 0.313 e. The molecule has 0 aliphatic heterocycles. The molecule has 0 amide bonds. The van der Waals surface area contributed by atoms with E-state index in [0.29, 0.717) is 6.04 Å². The molecule has 0 saturated carbocycles. The Kier molecular flexibility index (Phi) is 4.10. The van der Waals surface area contributed by atoms with Crippen molar-refractivity contribution in [2.75, 3.05) is 7.05 Å². The van der Waals surface area contributed by atoms with Crippen LogP contribution in [0.3, 0.4) is 0 Å². The van der Waals surface area contributed by atoms with Gasteiger partial charge in [-0.15, -0.1) is 23.1 Å². The fourth-order valence-corrected chi connectivity index (χ4v) is 3.52. The summed E-state index contributed by atoms with van der Waals surface area (Å²) in [5, 5.41) is 5.31. The predicted octanol–water partition coefficient (Wildman–Crippen LogP) is 3.97. The van der Waals surface area contributed by atoms with Gasteiger partial charge in [-0.3, -0.25) is 4.40 Å². The van der Waals surface area contributed by atoms with Crippen molar-refractivity contribution < 1.29 is 0 Å². The van der Waals surface area contributed by atoms with Gasteiger partial charge in [0.2, 0.25) is 0 Å². The Balaban J connectivity index is 1.64. The highest BCUT2D eigenvalue weighted by atomic mass is 32.2. The van der Waals surface area contributed by atoms with Crippen molar-refractivity contribution in [2.24, 2.45) is 0 Å². The minimum Gasteiger partial charge on any atom is -0.313 e. The molecule has 0 radical (unpaired) electrons. The van der Waals surface area contributed by atoms with Gasteiger partial charge in [0.15, 0.2) is 4.96 Å². The van der Waals surface area contributed by atoms with E-state index in [1.165, 1.54) is 10.5 Å². The highest BCUT2D eigenvalue weighted by molar-refractivity contribution is 7.98. The Morgan fingerprint density at radius 1 is 1.35 bits per heavy atom. The summed E-state index contributed by atoms with van der Waals surface area (Å²) in [6.45, 7) is 2.17. The molecule has 0 bridgehead atoms. The Morgan fingerprint density at radius 3 is 2.85 bits per heavy atom. The molecule has 0 fully saturated rings. The number of nitrogens with zero attached hydrogens (tertiary/aromatic N) is 2. The third-order valence-electron chi connectivity index (χ3n) is 3.34. The number of imidazole rings is 1. The van der Waals surface area contributed by atoms with E-state index < -0.39 is 0 Å². The molecule has 1 N–H and O–H groups in total. The highest BCUT2D eigenvalue weighted by Crippen LogP contribution is 2.25. The van der Waals surface area contributed by atoms with Crippen LogP contribution in [-0.2, 0) is 5.75 Å². The van der Waals surface area contributed by atoms with E-state index in [4.69, 9.17) is 0 Å². The number of nitrogens with one attached hydrogen (secondary N) is 1. The quantitative estimate of drug-likeness (QED) is 0.723. The second-order valence-corrected chi connectivity index (χ2v) is 6.61. The lowest BCUT2D eigenvalue weighted by atomic mass is 10.1. The first-order valence-corrected chi connectivity index (χ1v) is 8.44. The lowest BCUT2D eigenvalue weighted by Crippen LogP contribution is -2.11. The summed E-state index contributed by atoms with van der Waals surface area (Å²) >= 11 is 3.50. The number of rotatable bonds is 5. The van der Waals surface area contributed by atoms with E-state index in [2.05, 4.69) is 63.7 Å². The summed E-state index contributed by atoms with van der Waals surface area (Å²) in [7, 11) is 1.98. The standard InChI is InChI=1S/C15H17N3S2/c1-11(16-2)12-3-5-14(6-4-12)20-10-13-9-18-7-8-19-15(18)17-13/h3-9,11,16H,10H2,1-2H3. The zero-order valence-electron chi connectivity index (χ0n) is 11.5. The third-order valence-corrected chi connectivity index (χ3v) is 5.16. The van der Waals surface area contributed by atoms with Crippen molar-refractivity contribution in [1.29, 1.82) is 0 Å². The van der Waals surface area contributed by atoms with Gasteiger partial charge >= 0.3 is 0 Å². The van der Waals surface area contributed by atoms with Gasteiger partial charge in [0.05, 0.1) is 5.69 Å². The number of hydrogen-bond donors (Lipinski definition) is 1. The maximum absolute atomic E-state index is 4.60. The molecule has 3 aromatic rings. The maximum Gasteiger partial charge on any atom is 0.193 e. The SMILES string of the molecule is CNC(C)c1ccc(SCc2cn3ccsc3n2)cc1. The van der Waals surface area contributed by atoms with E-state index in [0.717, 1.165) is 16.4 Å². The lowest BCUT2D eigenvalue weighted by Gasteiger charge is -2.10. The molecule has 0 aliphatic carbocycles. The highest BCUT2D eigenvalue weighted by Gasteiger charge is 2.05. The van der Waals surface area contributed by atoms with Crippen LogP contribution >= 0.6 is 23.1 Å². The molecule has 3 nitrogen and oxygen atoms in total. The second-order valence-electron chi connectivity index (χ2n) is 4.69.